The van der Waals surface area contributed by atoms with Gasteiger partial charge in [-0.05, 0) is 43.7 Å². The highest BCUT2D eigenvalue weighted by molar-refractivity contribution is 5.97. The van der Waals surface area contributed by atoms with Crippen molar-refractivity contribution < 1.29 is 0 Å². The largest absolute Gasteiger partial charge is 0.284 e. The second kappa shape index (κ2) is 5.44. The lowest BCUT2D eigenvalue weighted by Gasteiger charge is -2.32. The van der Waals surface area contributed by atoms with Crippen LogP contribution in [0, 0.1) is 11.8 Å². The van der Waals surface area contributed by atoms with Gasteiger partial charge in [0.25, 0.3) is 0 Å². The molecule has 2 nitrogen and oxygen atoms in total. The van der Waals surface area contributed by atoms with E-state index in [0.717, 1.165) is 11.4 Å². The second-order valence-corrected chi connectivity index (χ2v) is 5.31. The van der Waals surface area contributed by atoms with Crippen LogP contribution < -0.4 is 0 Å². The van der Waals surface area contributed by atoms with Gasteiger partial charge in [-0.3, -0.25) is 9.98 Å². The predicted molar refractivity (Wildman–Crippen MR) is 72.4 cm³/mol. The molecule has 2 rings (SSSR count). The van der Waals surface area contributed by atoms with Gasteiger partial charge in [-0.25, -0.2) is 0 Å². The molecule has 0 bridgehead atoms. The van der Waals surface area contributed by atoms with Gasteiger partial charge in [0, 0.05) is 6.20 Å². The van der Waals surface area contributed by atoms with Gasteiger partial charge in [-0.2, -0.15) is 0 Å². The van der Waals surface area contributed by atoms with Crippen molar-refractivity contribution in [3.8, 4) is 0 Å². The van der Waals surface area contributed by atoms with E-state index in [1.807, 2.05) is 24.4 Å². The lowest BCUT2D eigenvalue weighted by atomic mass is 9.79. The summed E-state index contributed by atoms with van der Waals surface area (Å²) < 4.78 is 0. The molecule has 0 saturated heterocycles. The topological polar surface area (TPSA) is 25.2 Å². The van der Waals surface area contributed by atoms with Crippen LogP contribution in [0.2, 0.25) is 0 Å². The smallest absolute Gasteiger partial charge is 0.0837 e. The van der Waals surface area contributed by atoms with Crippen LogP contribution in [0.5, 0.6) is 0 Å². The Kier molecular flexibility index (Phi) is 3.93. The zero-order valence-electron chi connectivity index (χ0n) is 11.1. The molecule has 1 aliphatic rings. The van der Waals surface area contributed by atoms with Gasteiger partial charge in [0.05, 0.1) is 17.4 Å². The molecule has 1 aromatic rings. The fraction of sp³-hybridized carbons (Fsp3) is 0.600. The summed E-state index contributed by atoms with van der Waals surface area (Å²) in [4.78, 5) is 9.29. The Bertz CT molecular complexity index is 373. The van der Waals surface area contributed by atoms with Gasteiger partial charge in [-0.1, -0.05) is 26.3 Å². The van der Waals surface area contributed by atoms with E-state index in [9.17, 15) is 0 Å². The number of hydrogen-bond donors (Lipinski definition) is 0. The summed E-state index contributed by atoms with van der Waals surface area (Å²) in [5, 5.41) is 0. The molecule has 0 amide bonds. The van der Waals surface area contributed by atoms with Gasteiger partial charge in [0.15, 0.2) is 0 Å². The molecule has 1 fully saturated rings. The highest BCUT2D eigenvalue weighted by Gasteiger charge is 2.27. The fourth-order valence-electron chi connectivity index (χ4n) is 2.79. The van der Waals surface area contributed by atoms with E-state index in [1.165, 1.54) is 19.3 Å². The highest BCUT2D eigenvalue weighted by Crippen LogP contribution is 2.31. The Morgan fingerprint density at radius 2 is 1.94 bits per heavy atom. The average molecular weight is 230 g/mol. The van der Waals surface area contributed by atoms with E-state index in [4.69, 9.17) is 4.99 Å². The minimum Gasteiger partial charge on any atom is -0.284 e. The molecule has 0 spiro atoms. The van der Waals surface area contributed by atoms with Crippen LogP contribution in [0.1, 0.15) is 45.7 Å². The molecule has 1 heterocycles. The summed E-state index contributed by atoms with van der Waals surface area (Å²) in [7, 11) is 0. The molecule has 0 aromatic carbocycles. The van der Waals surface area contributed by atoms with E-state index in [1.54, 1.807) is 0 Å². The zero-order valence-corrected chi connectivity index (χ0v) is 11.1. The third-order valence-corrected chi connectivity index (χ3v) is 3.86. The van der Waals surface area contributed by atoms with Gasteiger partial charge in [0.1, 0.15) is 0 Å². The molecule has 3 atom stereocenters. The minimum absolute atomic E-state index is 0.478. The first kappa shape index (κ1) is 12.3. The first-order chi connectivity index (χ1) is 8.18. The number of nitrogens with zero attached hydrogens (tertiary/aromatic N) is 2. The van der Waals surface area contributed by atoms with Gasteiger partial charge < -0.3 is 0 Å². The molecule has 17 heavy (non-hydrogen) atoms. The Hall–Kier alpha value is -1.18. The summed E-state index contributed by atoms with van der Waals surface area (Å²) in [5.74, 6) is 1.41. The number of rotatable bonds is 2. The molecule has 0 N–H and O–H groups in total. The zero-order chi connectivity index (χ0) is 12.3. The summed E-state index contributed by atoms with van der Waals surface area (Å²) in [6.45, 7) is 6.74. The van der Waals surface area contributed by atoms with Gasteiger partial charge in [-0.15, -0.1) is 0 Å². The van der Waals surface area contributed by atoms with Crippen molar-refractivity contribution in [1.82, 2.24) is 4.98 Å². The van der Waals surface area contributed by atoms with Crippen LogP contribution in [-0.4, -0.2) is 16.7 Å². The van der Waals surface area contributed by atoms with E-state index < -0.39 is 0 Å². The van der Waals surface area contributed by atoms with Crippen molar-refractivity contribution in [1.29, 1.82) is 0 Å². The molecule has 2 heteroatoms. The first-order valence-corrected chi connectivity index (χ1v) is 6.64. The SMILES string of the molecule is CC(=NC1[C@H](C)CCC[C@@H]1C)c1ccccn1. The normalized spacial score (nSPS) is 30.3. The summed E-state index contributed by atoms with van der Waals surface area (Å²) in [6.07, 6.45) is 5.82. The van der Waals surface area contributed by atoms with Crippen LogP contribution in [-0.2, 0) is 0 Å². The minimum atomic E-state index is 0.478. The quantitative estimate of drug-likeness (QED) is 0.711. The molecular formula is C15H22N2. The monoisotopic (exact) mass is 230 g/mol. The molecule has 1 aromatic heterocycles. The Labute approximate surface area is 104 Å². The molecule has 1 unspecified atom stereocenters. The number of aromatic nitrogens is 1. The molecular weight excluding hydrogens is 208 g/mol. The Morgan fingerprint density at radius 3 is 2.53 bits per heavy atom. The maximum absolute atomic E-state index is 4.92. The van der Waals surface area contributed by atoms with E-state index in [-0.39, 0.29) is 0 Å². The summed E-state index contributed by atoms with van der Waals surface area (Å²) >= 11 is 0. The third-order valence-electron chi connectivity index (χ3n) is 3.86. The Morgan fingerprint density at radius 1 is 1.24 bits per heavy atom. The van der Waals surface area contributed by atoms with Crippen molar-refractivity contribution in [3.05, 3.63) is 30.1 Å². The van der Waals surface area contributed by atoms with Crippen LogP contribution in [0.25, 0.3) is 0 Å². The van der Waals surface area contributed by atoms with Gasteiger partial charge in [0.2, 0.25) is 0 Å². The van der Waals surface area contributed by atoms with Crippen LogP contribution in [0.4, 0.5) is 0 Å². The van der Waals surface area contributed by atoms with Crippen LogP contribution in [0.15, 0.2) is 29.4 Å². The second-order valence-electron chi connectivity index (χ2n) is 5.31. The van der Waals surface area contributed by atoms with E-state index in [2.05, 4.69) is 25.8 Å². The average Bonchev–Trinajstić information content (AvgIpc) is 2.35. The number of pyridine rings is 1. The lowest BCUT2D eigenvalue weighted by molar-refractivity contribution is 0.253. The van der Waals surface area contributed by atoms with Crippen LogP contribution >= 0.6 is 0 Å². The van der Waals surface area contributed by atoms with Gasteiger partial charge >= 0.3 is 0 Å². The third kappa shape index (κ3) is 2.93. The molecule has 1 aliphatic carbocycles. The van der Waals surface area contributed by atoms with E-state index in [0.29, 0.717) is 17.9 Å². The lowest BCUT2D eigenvalue weighted by Crippen LogP contribution is -2.29. The highest BCUT2D eigenvalue weighted by atomic mass is 14.8. The summed E-state index contributed by atoms with van der Waals surface area (Å²) in [5.41, 5.74) is 2.09. The molecule has 92 valence electrons. The molecule has 0 aliphatic heterocycles. The van der Waals surface area contributed by atoms with Crippen molar-refractivity contribution in [2.75, 3.05) is 0 Å². The Balaban J connectivity index is 2.17. The van der Waals surface area contributed by atoms with Crippen molar-refractivity contribution >= 4 is 5.71 Å². The predicted octanol–water partition coefficient (Wildman–Crippen LogP) is 3.72. The first-order valence-electron chi connectivity index (χ1n) is 6.64. The standard InChI is InChI=1S/C15H22N2/c1-11-7-6-8-12(2)15(11)17-13(3)14-9-4-5-10-16-14/h4-5,9-12,15H,6-8H2,1-3H3/t11-,12+,15?. The maximum Gasteiger partial charge on any atom is 0.0837 e. The van der Waals surface area contributed by atoms with E-state index >= 15 is 0 Å². The van der Waals surface area contributed by atoms with Crippen molar-refractivity contribution in [2.24, 2.45) is 16.8 Å². The van der Waals surface area contributed by atoms with Crippen LogP contribution in [0.3, 0.4) is 0 Å². The number of aliphatic imine (C=N–C) groups is 1. The summed E-state index contributed by atoms with van der Waals surface area (Å²) in [6, 6.07) is 6.49. The number of hydrogen-bond acceptors (Lipinski definition) is 2. The fourth-order valence-corrected chi connectivity index (χ4v) is 2.79. The van der Waals surface area contributed by atoms with Crippen molar-refractivity contribution in [3.63, 3.8) is 0 Å². The maximum atomic E-state index is 4.92. The molecule has 1 saturated carbocycles. The van der Waals surface area contributed by atoms with Crippen molar-refractivity contribution in [2.45, 2.75) is 46.1 Å². The molecule has 0 radical (unpaired) electrons.